The molecule has 0 bridgehead atoms. The van der Waals surface area contributed by atoms with E-state index in [1.165, 1.54) is 0 Å². The number of carbonyl (C=O) groups excluding carboxylic acids is 1. The first kappa shape index (κ1) is 16.1. The van der Waals surface area contributed by atoms with Crippen molar-refractivity contribution in [2.45, 2.75) is 24.5 Å². The summed E-state index contributed by atoms with van der Waals surface area (Å²) in [5, 5.41) is 21.4. The lowest BCUT2D eigenvalue weighted by molar-refractivity contribution is -0.118. The fourth-order valence-corrected chi connectivity index (χ4v) is 3.67. The summed E-state index contributed by atoms with van der Waals surface area (Å²) in [5.41, 5.74) is 1.01. The maximum absolute atomic E-state index is 12.8. The van der Waals surface area contributed by atoms with Crippen molar-refractivity contribution in [2.24, 2.45) is 0 Å². The number of likely N-dealkylation sites (tertiary alicyclic amines) is 1. The first-order valence-electron chi connectivity index (χ1n) is 8.59. The lowest BCUT2D eigenvalue weighted by atomic mass is 9.82. The molecule has 2 aromatic carbocycles. The Bertz CT molecular complexity index is 792. The third-order valence-electron chi connectivity index (χ3n) is 5.20. The first-order chi connectivity index (χ1) is 12.1. The third kappa shape index (κ3) is 2.79. The minimum atomic E-state index is -1.32. The second-order valence-electron chi connectivity index (χ2n) is 6.73. The molecular weight excluding hydrogens is 318 g/mol. The Morgan fingerprint density at radius 1 is 1.20 bits per heavy atom. The number of carbonyl (C=O) groups is 1. The summed E-state index contributed by atoms with van der Waals surface area (Å²) >= 11 is 0. The van der Waals surface area contributed by atoms with Crippen LogP contribution in [0.25, 0.3) is 0 Å². The van der Waals surface area contributed by atoms with Crippen molar-refractivity contribution in [3.05, 3.63) is 65.2 Å². The van der Waals surface area contributed by atoms with E-state index in [1.807, 2.05) is 30.3 Å². The Morgan fingerprint density at radius 3 is 2.76 bits per heavy atom. The van der Waals surface area contributed by atoms with Gasteiger partial charge in [-0.05, 0) is 29.3 Å². The number of hydrogen-bond acceptors (Lipinski definition) is 4. The highest BCUT2D eigenvalue weighted by Crippen LogP contribution is 2.34. The number of rotatable bonds is 2. The van der Waals surface area contributed by atoms with Crippen LogP contribution in [0.3, 0.4) is 0 Å². The van der Waals surface area contributed by atoms with Gasteiger partial charge in [-0.1, -0.05) is 30.3 Å². The SMILES string of the molecule is O=C(c1ccc2c(c1)CCO2)N1CC[C@](O)(c2ccccc2)[C@@H](O)C1. The van der Waals surface area contributed by atoms with Crippen molar-refractivity contribution >= 4 is 5.91 Å². The zero-order valence-corrected chi connectivity index (χ0v) is 13.9. The van der Waals surface area contributed by atoms with Crippen LogP contribution in [0.1, 0.15) is 27.9 Å². The molecular formula is C20H21NO4. The third-order valence-corrected chi connectivity index (χ3v) is 5.20. The highest BCUT2D eigenvalue weighted by molar-refractivity contribution is 5.94. The molecule has 2 aromatic rings. The molecule has 0 aromatic heterocycles. The van der Waals surface area contributed by atoms with Crippen molar-refractivity contribution in [3.8, 4) is 5.75 Å². The fourth-order valence-electron chi connectivity index (χ4n) is 3.67. The molecule has 0 spiro atoms. The van der Waals surface area contributed by atoms with Crippen molar-refractivity contribution in [1.82, 2.24) is 4.90 Å². The number of nitrogens with zero attached hydrogens (tertiary/aromatic N) is 1. The van der Waals surface area contributed by atoms with Crippen molar-refractivity contribution in [2.75, 3.05) is 19.7 Å². The van der Waals surface area contributed by atoms with E-state index >= 15 is 0 Å². The maximum Gasteiger partial charge on any atom is 0.253 e. The number of β-amino-alcohol motifs (C(OH)–C–C–N with tert-alkyl or cyclic N) is 1. The van der Waals surface area contributed by atoms with Gasteiger partial charge in [0.2, 0.25) is 0 Å². The van der Waals surface area contributed by atoms with Crippen LogP contribution in [0.2, 0.25) is 0 Å². The maximum atomic E-state index is 12.8. The second kappa shape index (κ2) is 6.17. The molecule has 1 saturated heterocycles. The van der Waals surface area contributed by atoms with Crippen molar-refractivity contribution < 1.29 is 19.7 Å². The fraction of sp³-hybridized carbons (Fsp3) is 0.350. The Hall–Kier alpha value is -2.37. The number of hydrogen-bond donors (Lipinski definition) is 2. The largest absolute Gasteiger partial charge is 0.493 e. The average molecular weight is 339 g/mol. The van der Waals surface area contributed by atoms with Crippen LogP contribution in [0.5, 0.6) is 5.75 Å². The number of ether oxygens (including phenoxy) is 1. The summed E-state index contributed by atoms with van der Waals surface area (Å²) < 4.78 is 5.47. The molecule has 1 amide bonds. The number of amides is 1. The number of piperidine rings is 1. The smallest absolute Gasteiger partial charge is 0.253 e. The molecule has 130 valence electrons. The van der Waals surface area contributed by atoms with E-state index in [1.54, 1.807) is 23.1 Å². The Balaban J connectivity index is 1.52. The molecule has 2 atom stereocenters. The Morgan fingerprint density at radius 2 is 2.00 bits per heavy atom. The number of benzene rings is 2. The molecule has 25 heavy (non-hydrogen) atoms. The molecule has 1 fully saturated rings. The minimum absolute atomic E-state index is 0.109. The van der Waals surface area contributed by atoms with E-state index in [0.29, 0.717) is 30.7 Å². The summed E-state index contributed by atoms with van der Waals surface area (Å²) in [5.74, 6) is 0.720. The van der Waals surface area contributed by atoms with Crippen molar-refractivity contribution in [1.29, 1.82) is 0 Å². The van der Waals surface area contributed by atoms with Gasteiger partial charge in [-0.25, -0.2) is 0 Å². The lowest BCUT2D eigenvalue weighted by Gasteiger charge is -2.42. The number of fused-ring (bicyclic) bond motifs is 1. The number of aliphatic hydroxyl groups excluding tert-OH is 1. The zero-order valence-electron chi connectivity index (χ0n) is 13.9. The highest BCUT2D eigenvalue weighted by Gasteiger charge is 2.43. The van der Waals surface area contributed by atoms with Crippen LogP contribution >= 0.6 is 0 Å². The monoisotopic (exact) mass is 339 g/mol. The molecule has 2 aliphatic heterocycles. The van der Waals surface area contributed by atoms with Crippen LogP contribution in [0.4, 0.5) is 0 Å². The van der Waals surface area contributed by atoms with Crippen LogP contribution in [-0.2, 0) is 12.0 Å². The van der Waals surface area contributed by atoms with Gasteiger partial charge in [0.1, 0.15) is 17.5 Å². The molecule has 4 rings (SSSR count). The second-order valence-corrected chi connectivity index (χ2v) is 6.73. The average Bonchev–Trinajstić information content (AvgIpc) is 3.12. The van der Waals surface area contributed by atoms with E-state index < -0.39 is 11.7 Å². The van der Waals surface area contributed by atoms with Crippen LogP contribution in [0.15, 0.2) is 48.5 Å². The van der Waals surface area contributed by atoms with Gasteiger partial charge < -0.3 is 19.8 Å². The summed E-state index contributed by atoms with van der Waals surface area (Å²) in [6.45, 7) is 1.16. The summed E-state index contributed by atoms with van der Waals surface area (Å²) in [6.07, 6.45) is 0.0931. The summed E-state index contributed by atoms with van der Waals surface area (Å²) in [4.78, 5) is 14.4. The molecule has 0 aliphatic carbocycles. The van der Waals surface area contributed by atoms with Crippen LogP contribution < -0.4 is 4.74 Å². The van der Waals surface area contributed by atoms with E-state index in [4.69, 9.17) is 4.74 Å². The predicted molar refractivity (Wildman–Crippen MR) is 92.5 cm³/mol. The predicted octanol–water partition coefficient (Wildman–Crippen LogP) is 1.72. The van der Waals surface area contributed by atoms with Gasteiger partial charge in [0, 0.05) is 24.9 Å². The normalized spacial score (nSPS) is 25.4. The number of aliphatic hydroxyl groups is 2. The first-order valence-corrected chi connectivity index (χ1v) is 8.59. The van der Waals surface area contributed by atoms with Gasteiger partial charge in [0.15, 0.2) is 0 Å². The van der Waals surface area contributed by atoms with Gasteiger partial charge in [-0.15, -0.1) is 0 Å². The Labute approximate surface area is 146 Å². The van der Waals surface area contributed by atoms with Crippen LogP contribution in [-0.4, -0.2) is 46.8 Å². The van der Waals surface area contributed by atoms with Gasteiger partial charge in [0.25, 0.3) is 5.91 Å². The quantitative estimate of drug-likeness (QED) is 0.874. The van der Waals surface area contributed by atoms with Crippen molar-refractivity contribution in [3.63, 3.8) is 0 Å². The molecule has 2 aliphatic rings. The van der Waals surface area contributed by atoms with Gasteiger partial charge >= 0.3 is 0 Å². The molecule has 0 radical (unpaired) electrons. The molecule has 0 unspecified atom stereocenters. The molecule has 2 N–H and O–H groups in total. The van der Waals surface area contributed by atoms with E-state index in [2.05, 4.69) is 0 Å². The van der Waals surface area contributed by atoms with Gasteiger partial charge in [-0.3, -0.25) is 4.79 Å². The van der Waals surface area contributed by atoms with Gasteiger partial charge in [-0.2, -0.15) is 0 Å². The summed E-state index contributed by atoms with van der Waals surface area (Å²) in [7, 11) is 0. The molecule has 5 heteroatoms. The van der Waals surface area contributed by atoms with Crippen LogP contribution in [0, 0.1) is 0 Å². The topological polar surface area (TPSA) is 70.0 Å². The van der Waals surface area contributed by atoms with Gasteiger partial charge in [0.05, 0.1) is 13.2 Å². The summed E-state index contributed by atoms with van der Waals surface area (Å²) in [6, 6.07) is 14.6. The molecule has 2 heterocycles. The molecule has 0 saturated carbocycles. The standard InChI is InChI=1S/C20H21NO4/c22-18-13-21(10-9-20(18,24)16-4-2-1-3-5-16)19(23)15-6-7-17-14(12-15)8-11-25-17/h1-7,12,18,22,24H,8-11,13H2/t18-,20-/m0/s1. The Kier molecular flexibility index (Phi) is 3.98. The zero-order chi connectivity index (χ0) is 17.4. The lowest BCUT2D eigenvalue weighted by Crippen LogP contribution is -2.55. The highest BCUT2D eigenvalue weighted by atomic mass is 16.5. The molecule has 5 nitrogen and oxygen atoms in total. The van der Waals surface area contributed by atoms with E-state index in [-0.39, 0.29) is 12.5 Å². The van der Waals surface area contributed by atoms with E-state index in [0.717, 1.165) is 17.7 Å². The van der Waals surface area contributed by atoms with E-state index in [9.17, 15) is 15.0 Å². The minimum Gasteiger partial charge on any atom is -0.493 e.